The van der Waals surface area contributed by atoms with Crippen molar-refractivity contribution >= 4 is 23.3 Å². The van der Waals surface area contributed by atoms with Crippen molar-refractivity contribution in [3.63, 3.8) is 0 Å². The number of anilines is 2. The van der Waals surface area contributed by atoms with E-state index >= 15 is 0 Å². The van der Waals surface area contributed by atoms with Crippen LogP contribution in [0.4, 0.5) is 24.9 Å². The largest absolute Gasteiger partial charge is 0.403 e. The third-order valence-corrected chi connectivity index (χ3v) is 3.10. The summed E-state index contributed by atoms with van der Waals surface area (Å²) in [6.45, 7) is 0. The van der Waals surface area contributed by atoms with Gasteiger partial charge in [-0.1, -0.05) is 28.8 Å². The molecule has 2 aromatic carbocycles. The normalized spacial score (nSPS) is 10.7. The van der Waals surface area contributed by atoms with Crippen molar-refractivity contribution in [1.29, 1.82) is 0 Å². The fourth-order valence-corrected chi connectivity index (χ4v) is 1.93. The highest BCUT2D eigenvalue weighted by Crippen LogP contribution is 2.27. The van der Waals surface area contributed by atoms with Crippen LogP contribution < -0.4 is 5.32 Å². The van der Waals surface area contributed by atoms with Crippen molar-refractivity contribution in [1.82, 2.24) is 10.2 Å². The van der Waals surface area contributed by atoms with Crippen molar-refractivity contribution in [2.24, 2.45) is 0 Å². The SMILES string of the molecule is Fc1cc(-c2nnc(Nc3ccccc3Cl)o2)cc(F)c1F. The molecule has 1 N–H and O–H groups in total. The Morgan fingerprint density at radius 2 is 1.68 bits per heavy atom. The minimum atomic E-state index is -1.56. The summed E-state index contributed by atoms with van der Waals surface area (Å²) in [7, 11) is 0. The van der Waals surface area contributed by atoms with Crippen LogP contribution in [0.3, 0.4) is 0 Å². The molecule has 1 aromatic heterocycles. The van der Waals surface area contributed by atoms with Gasteiger partial charge in [-0.3, -0.25) is 0 Å². The molecule has 0 spiro atoms. The van der Waals surface area contributed by atoms with Crippen LogP contribution in [0.5, 0.6) is 0 Å². The van der Waals surface area contributed by atoms with Gasteiger partial charge in [0.05, 0.1) is 10.7 Å². The lowest BCUT2D eigenvalue weighted by atomic mass is 10.2. The first-order valence-corrected chi connectivity index (χ1v) is 6.42. The number of halogens is 4. The lowest BCUT2D eigenvalue weighted by molar-refractivity contribution is 0.447. The van der Waals surface area contributed by atoms with Crippen molar-refractivity contribution in [3.8, 4) is 11.5 Å². The molecule has 0 aliphatic carbocycles. The Kier molecular flexibility index (Phi) is 3.72. The minimum Gasteiger partial charge on any atom is -0.403 e. The lowest BCUT2D eigenvalue weighted by Gasteiger charge is -2.02. The monoisotopic (exact) mass is 325 g/mol. The molecule has 0 amide bonds. The first kappa shape index (κ1) is 14.4. The molecule has 4 nitrogen and oxygen atoms in total. The molecule has 0 saturated carbocycles. The van der Waals surface area contributed by atoms with E-state index in [1.54, 1.807) is 24.3 Å². The number of rotatable bonds is 3. The second-order valence-electron chi connectivity index (χ2n) is 4.27. The third kappa shape index (κ3) is 2.75. The van der Waals surface area contributed by atoms with Crippen molar-refractivity contribution in [3.05, 3.63) is 58.9 Å². The molecule has 22 heavy (non-hydrogen) atoms. The summed E-state index contributed by atoms with van der Waals surface area (Å²) in [4.78, 5) is 0. The topological polar surface area (TPSA) is 51.0 Å². The molecular weight excluding hydrogens is 319 g/mol. The van der Waals surface area contributed by atoms with Gasteiger partial charge in [0.15, 0.2) is 17.5 Å². The second kappa shape index (κ2) is 5.69. The summed E-state index contributed by atoms with van der Waals surface area (Å²) in [5, 5.41) is 10.5. The van der Waals surface area contributed by atoms with E-state index in [4.69, 9.17) is 16.0 Å². The van der Waals surface area contributed by atoms with Gasteiger partial charge in [-0.25, -0.2) is 13.2 Å². The second-order valence-corrected chi connectivity index (χ2v) is 4.68. The van der Waals surface area contributed by atoms with E-state index in [9.17, 15) is 13.2 Å². The predicted octanol–water partition coefficient (Wildman–Crippen LogP) is 4.55. The zero-order valence-electron chi connectivity index (χ0n) is 10.8. The van der Waals surface area contributed by atoms with Gasteiger partial charge >= 0.3 is 6.01 Å². The first-order valence-electron chi connectivity index (χ1n) is 6.04. The van der Waals surface area contributed by atoms with Gasteiger partial charge in [0.2, 0.25) is 5.89 Å². The molecule has 0 atom stereocenters. The van der Waals surface area contributed by atoms with Crippen LogP contribution in [-0.4, -0.2) is 10.2 Å². The van der Waals surface area contributed by atoms with Crippen molar-refractivity contribution < 1.29 is 17.6 Å². The van der Waals surface area contributed by atoms with Crippen LogP contribution >= 0.6 is 11.6 Å². The van der Waals surface area contributed by atoms with E-state index in [1.165, 1.54) is 0 Å². The van der Waals surface area contributed by atoms with Crippen LogP contribution in [0, 0.1) is 17.5 Å². The summed E-state index contributed by atoms with van der Waals surface area (Å²) in [5.41, 5.74) is 0.451. The van der Waals surface area contributed by atoms with Crippen LogP contribution in [-0.2, 0) is 0 Å². The third-order valence-electron chi connectivity index (χ3n) is 2.77. The standard InChI is InChI=1S/C14H7ClF3N3O/c15-8-3-1-2-4-11(8)19-14-21-20-13(22-14)7-5-9(16)12(18)10(17)6-7/h1-6H,(H,19,21). The molecule has 0 aliphatic heterocycles. The Labute approximate surface area is 127 Å². The summed E-state index contributed by atoms with van der Waals surface area (Å²) >= 11 is 5.96. The molecule has 3 rings (SSSR count). The fraction of sp³-hybridized carbons (Fsp3) is 0. The molecule has 0 aliphatic rings. The van der Waals surface area contributed by atoms with E-state index in [0.717, 1.165) is 12.1 Å². The van der Waals surface area contributed by atoms with E-state index in [2.05, 4.69) is 15.5 Å². The number of nitrogens with zero attached hydrogens (tertiary/aromatic N) is 2. The molecule has 0 saturated heterocycles. The quantitative estimate of drug-likeness (QED) is 0.718. The van der Waals surface area contributed by atoms with Gasteiger partial charge in [0, 0.05) is 5.56 Å². The lowest BCUT2D eigenvalue weighted by Crippen LogP contribution is -1.91. The van der Waals surface area contributed by atoms with E-state index in [0.29, 0.717) is 10.7 Å². The van der Waals surface area contributed by atoms with Gasteiger partial charge < -0.3 is 9.73 Å². The molecule has 0 bridgehead atoms. The molecule has 0 unspecified atom stereocenters. The molecule has 8 heteroatoms. The molecule has 1 heterocycles. The van der Waals surface area contributed by atoms with Gasteiger partial charge in [-0.2, -0.15) is 0 Å². The van der Waals surface area contributed by atoms with Crippen LogP contribution in [0.1, 0.15) is 0 Å². The van der Waals surface area contributed by atoms with Gasteiger partial charge in [-0.05, 0) is 24.3 Å². The Morgan fingerprint density at radius 3 is 2.36 bits per heavy atom. The van der Waals surface area contributed by atoms with E-state index < -0.39 is 17.5 Å². The molecular formula is C14H7ClF3N3O. The van der Waals surface area contributed by atoms with E-state index in [-0.39, 0.29) is 17.5 Å². The maximum absolute atomic E-state index is 13.2. The first-order chi connectivity index (χ1) is 10.5. The zero-order chi connectivity index (χ0) is 15.7. The highest BCUT2D eigenvalue weighted by molar-refractivity contribution is 6.33. The van der Waals surface area contributed by atoms with Crippen molar-refractivity contribution in [2.45, 2.75) is 0 Å². The van der Waals surface area contributed by atoms with Crippen LogP contribution in [0.2, 0.25) is 5.02 Å². The zero-order valence-corrected chi connectivity index (χ0v) is 11.5. The van der Waals surface area contributed by atoms with Crippen LogP contribution in [0.25, 0.3) is 11.5 Å². The number of aromatic nitrogens is 2. The predicted molar refractivity (Wildman–Crippen MR) is 74.3 cm³/mol. The number of hydrogen-bond donors (Lipinski definition) is 1. The average molecular weight is 326 g/mol. The highest BCUT2D eigenvalue weighted by atomic mass is 35.5. The number of hydrogen-bond acceptors (Lipinski definition) is 4. The maximum Gasteiger partial charge on any atom is 0.320 e. The molecule has 112 valence electrons. The van der Waals surface area contributed by atoms with Gasteiger partial charge in [0.1, 0.15) is 0 Å². The number of para-hydroxylation sites is 1. The Balaban J connectivity index is 1.90. The van der Waals surface area contributed by atoms with Gasteiger partial charge in [-0.15, -0.1) is 5.10 Å². The Morgan fingerprint density at radius 1 is 1.00 bits per heavy atom. The van der Waals surface area contributed by atoms with E-state index in [1.807, 2.05) is 0 Å². The summed E-state index contributed by atoms with van der Waals surface area (Å²) in [6.07, 6.45) is 0. The summed E-state index contributed by atoms with van der Waals surface area (Å²) < 4.78 is 44.5. The van der Waals surface area contributed by atoms with Crippen LogP contribution in [0.15, 0.2) is 40.8 Å². The van der Waals surface area contributed by atoms with Gasteiger partial charge in [0.25, 0.3) is 0 Å². The molecule has 3 aromatic rings. The minimum absolute atomic E-state index is 0.0201. The van der Waals surface area contributed by atoms with Crippen molar-refractivity contribution in [2.75, 3.05) is 5.32 Å². The highest BCUT2D eigenvalue weighted by Gasteiger charge is 2.16. The smallest absolute Gasteiger partial charge is 0.320 e. The summed E-state index contributed by atoms with van der Waals surface area (Å²) in [5.74, 6) is -4.40. The Hall–Kier alpha value is -2.54. The summed E-state index contributed by atoms with van der Waals surface area (Å²) in [6, 6.07) is 8.35. The maximum atomic E-state index is 13.2. The number of benzene rings is 2. The number of nitrogens with one attached hydrogen (secondary N) is 1. The molecule has 0 radical (unpaired) electrons. The average Bonchev–Trinajstić information content (AvgIpc) is 2.95. The fourth-order valence-electron chi connectivity index (χ4n) is 1.75. The molecule has 0 fully saturated rings. The Bertz CT molecular complexity index is 815.